The average Bonchev–Trinajstić information content (AvgIpc) is 3.16. The van der Waals surface area contributed by atoms with Crippen molar-refractivity contribution in [3.05, 3.63) is 17.5 Å². The molecule has 1 unspecified atom stereocenters. The van der Waals surface area contributed by atoms with Gasteiger partial charge in [0.25, 0.3) is 0 Å². The number of rotatable bonds is 4. The molecule has 0 spiro atoms. The SMILES string of the molecule is CC(=O)NC1(c2noc(C)n2)CCN(c2nc(C(C)C)ns2)C1. The number of hydrogen-bond donors (Lipinski definition) is 1. The highest BCUT2D eigenvalue weighted by Crippen LogP contribution is 2.34. The normalized spacial score (nSPS) is 21.2. The van der Waals surface area contributed by atoms with Crippen LogP contribution in [-0.2, 0) is 10.3 Å². The second-order valence-corrected chi connectivity index (χ2v) is 6.89. The first-order chi connectivity index (χ1) is 10.9. The number of aromatic nitrogens is 4. The molecule has 1 saturated heterocycles. The van der Waals surface area contributed by atoms with Crippen LogP contribution in [0.15, 0.2) is 4.52 Å². The quantitative estimate of drug-likeness (QED) is 0.905. The van der Waals surface area contributed by atoms with Gasteiger partial charge in [-0.2, -0.15) is 9.36 Å². The molecular formula is C14H20N6O2S. The Balaban J connectivity index is 1.87. The van der Waals surface area contributed by atoms with Crippen LogP contribution in [0, 0.1) is 6.92 Å². The molecule has 8 nitrogen and oxygen atoms in total. The number of amides is 1. The number of nitrogens with one attached hydrogen (secondary N) is 1. The topological polar surface area (TPSA) is 97.0 Å². The zero-order valence-corrected chi connectivity index (χ0v) is 14.5. The van der Waals surface area contributed by atoms with E-state index < -0.39 is 5.54 Å². The minimum atomic E-state index is -0.646. The van der Waals surface area contributed by atoms with Gasteiger partial charge in [-0.25, -0.2) is 4.98 Å². The summed E-state index contributed by atoms with van der Waals surface area (Å²) in [4.78, 5) is 22.7. The Hall–Kier alpha value is -2.03. The molecule has 3 rings (SSSR count). The summed E-state index contributed by atoms with van der Waals surface area (Å²) in [6.07, 6.45) is 0.697. The maximum atomic E-state index is 11.7. The molecule has 23 heavy (non-hydrogen) atoms. The van der Waals surface area contributed by atoms with E-state index in [9.17, 15) is 4.79 Å². The van der Waals surface area contributed by atoms with E-state index in [-0.39, 0.29) is 5.91 Å². The lowest BCUT2D eigenvalue weighted by Gasteiger charge is -2.26. The lowest BCUT2D eigenvalue weighted by atomic mass is 9.97. The Labute approximate surface area is 138 Å². The molecule has 1 fully saturated rings. The molecule has 0 saturated carbocycles. The maximum Gasteiger partial charge on any atom is 0.223 e. The van der Waals surface area contributed by atoms with Gasteiger partial charge in [-0.3, -0.25) is 4.79 Å². The number of aryl methyl sites for hydroxylation is 1. The molecular weight excluding hydrogens is 316 g/mol. The van der Waals surface area contributed by atoms with Crippen molar-refractivity contribution >= 4 is 22.6 Å². The van der Waals surface area contributed by atoms with Crippen molar-refractivity contribution in [1.29, 1.82) is 0 Å². The number of hydrogen-bond acceptors (Lipinski definition) is 8. The second kappa shape index (κ2) is 5.88. The fourth-order valence-corrected chi connectivity index (χ4v) is 3.57. The van der Waals surface area contributed by atoms with E-state index in [4.69, 9.17) is 4.52 Å². The summed E-state index contributed by atoms with van der Waals surface area (Å²) in [5, 5.41) is 7.89. The van der Waals surface area contributed by atoms with E-state index in [1.54, 1.807) is 6.92 Å². The fourth-order valence-electron chi connectivity index (χ4n) is 2.73. The fraction of sp³-hybridized carbons (Fsp3) is 0.643. The van der Waals surface area contributed by atoms with Crippen molar-refractivity contribution in [2.75, 3.05) is 18.0 Å². The van der Waals surface area contributed by atoms with Crippen LogP contribution in [0.3, 0.4) is 0 Å². The summed E-state index contributed by atoms with van der Waals surface area (Å²) >= 11 is 1.38. The van der Waals surface area contributed by atoms with Crippen LogP contribution in [0.25, 0.3) is 0 Å². The van der Waals surface area contributed by atoms with E-state index in [0.29, 0.717) is 30.6 Å². The first-order valence-electron chi connectivity index (χ1n) is 7.58. The molecule has 1 atom stereocenters. The van der Waals surface area contributed by atoms with Crippen LogP contribution >= 0.6 is 11.5 Å². The molecule has 0 bridgehead atoms. The highest BCUT2D eigenvalue weighted by Gasteiger charge is 2.45. The molecule has 2 aromatic rings. The van der Waals surface area contributed by atoms with Crippen molar-refractivity contribution in [1.82, 2.24) is 24.8 Å². The van der Waals surface area contributed by atoms with E-state index in [2.05, 4.69) is 43.6 Å². The summed E-state index contributed by atoms with van der Waals surface area (Å²) in [6.45, 7) is 8.68. The standard InChI is InChI=1S/C14H20N6O2S/c1-8(2)11-16-13(23-19-11)20-6-5-14(7-20,17-9(3)21)12-15-10(4)22-18-12/h8H,5-7H2,1-4H3,(H,17,21). The van der Waals surface area contributed by atoms with Crippen molar-refractivity contribution in [3.63, 3.8) is 0 Å². The third-order valence-electron chi connectivity index (χ3n) is 3.86. The molecule has 1 aliphatic heterocycles. The zero-order valence-electron chi connectivity index (χ0n) is 13.7. The lowest BCUT2D eigenvalue weighted by Crippen LogP contribution is -2.48. The molecule has 9 heteroatoms. The Kier molecular flexibility index (Phi) is 4.05. The molecule has 2 aromatic heterocycles. The minimum Gasteiger partial charge on any atom is -0.344 e. The van der Waals surface area contributed by atoms with Gasteiger partial charge in [0.05, 0.1) is 6.54 Å². The molecule has 3 heterocycles. The zero-order chi connectivity index (χ0) is 16.6. The Morgan fingerprint density at radius 2 is 2.22 bits per heavy atom. The average molecular weight is 336 g/mol. The van der Waals surface area contributed by atoms with Gasteiger partial charge in [-0.1, -0.05) is 19.0 Å². The molecule has 124 valence electrons. The van der Waals surface area contributed by atoms with E-state index >= 15 is 0 Å². The van der Waals surface area contributed by atoms with Crippen molar-refractivity contribution in [3.8, 4) is 0 Å². The van der Waals surface area contributed by atoms with Gasteiger partial charge in [0, 0.05) is 37.8 Å². The molecule has 1 amide bonds. The summed E-state index contributed by atoms with van der Waals surface area (Å²) in [5.41, 5.74) is -0.646. The summed E-state index contributed by atoms with van der Waals surface area (Å²) < 4.78 is 9.50. The van der Waals surface area contributed by atoms with E-state index in [1.165, 1.54) is 18.5 Å². The smallest absolute Gasteiger partial charge is 0.223 e. The minimum absolute atomic E-state index is 0.116. The van der Waals surface area contributed by atoms with Crippen molar-refractivity contribution < 1.29 is 9.32 Å². The lowest BCUT2D eigenvalue weighted by molar-refractivity contribution is -0.120. The van der Waals surface area contributed by atoms with Crippen molar-refractivity contribution in [2.24, 2.45) is 0 Å². The molecule has 0 aromatic carbocycles. The van der Waals surface area contributed by atoms with E-state index in [1.807, 2.05) is 0 Å². The van der Waals surface area contributed by atoms with Gasteiger partial charge in [0.1, 0.15) is 11.4 Å². The monoisotopic (exact) mass is 336 g/mol. The van der Waals surface area contributed by atoms with Gasteiger partial charge in [0.15, 0.2) is 5.82 Å². The predicted octanol–water partition coefficient (Wildman–Crippen LogP) is 1.59. The van der Waals surface area contributed by atoms with Gasteiger partial charge in [-0.05, 0) is 6.42 Å². The van der Waals surface area contributed by atoms with Gasteiger partial charge in [0.2, 0.25) is 16.9 Å². The Morgan fingerprint density at radius 3 is 2.78 bits per heavy atom. The summed E-state index contributed by atoms with van der Waals surface area (Å²) in [7, 11) is 0. The number of carbonyl (C=O) groups excluding carboxylic acids is 1. The highest BCUT2D eigenvalue weighted by molar-refractivity contribution is 7.09. The largest absolute Gasteiger partial charge is 0.344 e. The summed E-state index contributed by atoms with van der Waals surface area (Å²) in [6, 6.07) is 0. The second-order valence-electron chi connectivity index (χ2n) is 6.16. The van der Waals surface area contributed by atoms with Crippen LogP contribution in [-0.4, -0.2) is 38.5 Å². The molecule has 1 aliphatic rings. The molecule has 1 N–H and O–H groups in total. The van der Waals surface area contributed by atoms with Crippen LogP contribution in [0.4, 0.5) is 5.13 Å². The first kappa shape index (κ1) is 15.9. The van der Waals surface area contributed by atoms with Gasteiger partial charge in [-0.15, -0.1) is 0 Å². The molecule has 0 radical (unpaired) electrons. The third kappa shape index (κ3) is 3.05. The van der Waals surface area contributed by atoms with Gasteiger partial charge >= 0.3 is 0 Å². The van der Waals surface area contributed by atoms with Gasteiger partial charge < -0.3 is 14.7 Å². The van der Waals surface area contributed by atoms with Crippen molar-refractivity contribution in [2.45, 2.75) is 45.6 Å². The van der Waals surface area contributed by atoms with Crippen LogP contribution in [0.5, 0.6) is 0 Å². The summed E-state index contributed by atoms with van der Waals surface area (Å²) in [5.74, 6) is 2.02. The third-order valence-corrected chi connectivity index (χ3v) is 4.65. The maximum absolute atomic E-state index is 11.7. The molecule has 0 aliphatic carbocycles. The first-order valence-corrected chi connectivity index (χ1v) is 8.35. The number of anilines is 1. The Morgan fingerprint density at radius 1 is 1.43 bits per heavy atom. The Bertz CT molecular complexity index is 712. The van der Waals surface area contributed by atoms with Crippen LogP contribution in [0.2, 0.25) is 0 Å². The van der Waals surface area contributed by atoms with Crippen LogP contribution in [0.1, 0.15) is 50.6 Å². The predicted molar refractivity (Wildman–Crippen MR) is 85.4 cm³/mol. The number of nitrogens with zero attached hydrogens (tertiary/aromatic N) is 5. The van der Waals surface area contributed by atoms with E-state index in [0.717, 1.165) is 17.5 Å². The number of carbonyl (C=O) groups is 1. The highest BCUT2D eigenvalue weighted by atomic mass is 32.1. The van der Waals surface area contributed by atoms with Crippen LogP contribution < -0.4 is 10.2 Å².